The van der Waals surface area contributed by atoms with Gasteiger partial charge in [-0.1, -0.05) is 6.07 Å². The van der Waals surface area contributed by atoms with Crippen LogP contribution < -0.4 is 11.1 Å². The third-order valence-electron chi connectivity index (χ3n) is 3.75. The Hall–Kier alpha value is -1.99. The van der Waals surface area contributed by atoms with Crippen molar-refractivity contribution in [2.24, 2.45) is 5.73 Å². The Morgan fingerprint density at radius 2 is 2.38 bits per heavy atom. The Morgan fingerprint density at radius 1 is 1.52 bits per heavy atom. The first kappa shape index (κ1) is 14.0. The standard InChI is InChI=1S/C14H19N5O2/c1-9(13-18-17-12-4-2-3-7-19(12)13)16-14(20)11-6-5-10(8-15)21-11/h2-4,7,9-11H,5-6,8,15H2,1H3,(H,16,20)/t9?,10-,11+/m1/s1. The lowest BCUT2D eigenvalue weighted by Gasteiger charge is -2.16. The van der Waals surface area contributed by atoms with Crippen molar-refractivity contribution in [1.82, 2.24) is 19.9 Å². The number of nitrogens with two attached hydrogens (primary N) is 1. The van der Waals surface area contributed by atoms with Gasteiger partial charge < -0.3 is 15.8 Å². The topological polar surface area (TPSA) is 94.5 Å². The summed E-state index contributed by atoms with van der Waals surface area (Å²) in [5.74, 6) is 0.582. The van der Waals surface area contributed by atoms with E-state index < -0.39 is 6.10 Å². The van der Waals surface area contributed by atoms with Gasteiger partial charge in [-0.15, -0.1) is 10.2 Å². The molecule has 2 aromatic rings. The summed E-state index contributed by atoms with van der Waals surface area (Å²) in [4.78, 5) is 12.2. The molecule has 1 amide bonds. The van der Waals surface area contributed by atoms with Gasteiger partial charge in [0.1, 0.15) is 6.10 Å². The lowest BCUT2D eigenvalue weighted by atomic mass is 10.2. The number of hydrogen-bond donors (Lipinski definition) is 2. The number of aromatic nitrogens is 3. The molecule has 1 aliphatic rings. The minimum absolute atomic E-state index is 0.00928. The van der Waals surface area contributed by atoms with Crippen LogP contribution in [0.3, 0.4) is 0 Å². The number of pyridine rings is 1. The highest BCUT2D eigenvalue weighted by Crippen LogP contribution is 2.20. The lowest BCUT2D eigenvalue weighted by molar-refractivity contribution is -0.132. The van der Waals surface area contributed by atoms with E-state index in [0.29, 0.717) is 18.8 Å². The van der Waals surface area contributed by atoms with Gasteiger partial charge in [0.15, 0.2) is 11.5 Å². The van der Waals surface area contributed by atoms with Crippen LogP contribution in [0.4, 0.5) is 0 Å². The second kappa shape index (κ2) is 5.79. The Balaban J connectivity index is 1.69. The molecule has 1 aliphatic heterocycles. The molecule has 2 aromatic heterocycles. The van der Waals surface area contributed by atoms with Crippen molar-refractivity contribution in [3.8, 4) is 0 Å². The number of rotatable bonds is 4. The molecule has 7 heteroatoms. The predicted octanol–water partition coefficient (Wildman–Crippen LogP) is 0.413. The Morgan fingerprint density at radius 3 is 3.14 bits per heavy atom. The predicted molar refractivity (Wildman–Crippen MR) is 76.5 cm³/mol. The highest BCUT2D eigenvalue weighted by atomic mass is 16.5. The first-order chi connectivity index (χ1) is 10.2. The Bertz CT molecular complexity index is 641. The molecule has 0 bridgehead atoms. The average molecular weight is 289 g/mol. The van der Waals surface area contributed by atoms with Crippen LogP contribution in [0.15, 0.2) is 24.4 Å². The fourth-order valence-corrected chi connectivity index (χ4v) is 2.60. The fourth-order valence-electron chi connectivity index (χ4n) is 2.60. The second-order valence-electron chi connectivity index (χ2n) is 5.28. The minimum atomic E-state index is -0.416. The Kier molecular flexibility index (Phi) is 3.85. The van der Waals surface area contributed by atoms with E-state index in [1.807, 2.05) is 35.7 Å². The van der Waals surface area contributed by atoms with E-state index in [0.717, 1.165) is 12.1 Å². The van der Waals surface area contributed by atoms with Gasteiger partial charge in [0.2, 0.25) is 5.91 Å². The van der Waals surface area contributed by atoms with E-state index in [9.17, 15) is 4.79 Å². The summed E-state index contributed by atoms with van der Waals surface area (Å²) >= 11 is 0. The van der Waals surface area contributed by atoms with Crippen LogP contribution in [0, 0.1) is 0 Å². The molecule has 21 heavy (non-hydrogen) atoms. The van der Waals surface area contributed by atoms with Gasteiger partial charge in [0, 0.05) is 12.7 Å². The molecule has 0 aromatic carbocycles. The molecule has 1 unspecified atom stereocenters. The third-order valence-corrected chi connectivity index (χ3v) is 3.75. The molecular weight excluding hydrogens is 270 g/mol. The molecule has 0 radical (unpaired) electrons. The largest absolute Gasteiger partial charge is 0.364 e. The maximum Gasteiger partial charge on any atom is 0.249 e. The highest BCUT2D eigenvalue weighted by molar-refractivity contribution is 5.81. The van der Waals surface area contributed by atoms with Gasteiger partial charge in [0.05, 0.1) is 12.1 Å². The van der Waals surface area contributed by atoms with Gasteiger partial charge in [-0.25, -0.2) is 0 Å². The number of fused-ring (bicyclic) bond motifs is 1. The van der Waals surface area contributed by atoms with Gasteiger partial charge >= 0.3 is 0 Å². The van der Waals surface area contributed by atoms with Gasteiger partial charge in [-0.3, -0.25) is 9.20 Å². The van der Waals surface area contributed by atoms with Crippen molar-refractivity contribution < 1.29 is 9.53 Å². The molecule has 0 saturated carbocycles. The van der Waals surface area contributed by atoms with Crippen molar-refractivity contribution in [2.45, 2.75) is 38.0 Å². The van der Waals surface area contributed by atoms with Crippen molar-refractivity contribution in [3.05, 3.63) is 30.2 Å². The van der Waals surface area contributed by atoms with Crippen LogP contribution in [-0.2, 0) is 9.53 Å². The summed E-state index contributed by atoms with van der Waals surface area (Å²) in [5, 5.41) is 11.2. The summed E-state index contributed by atoms with van der Waals surface area (Å²) in [5.41, 5.74) is 6.32. The number of carbonyl (C=O) groups is 1. The highest BCUT2D eigenvalue weighted by Gasteiger charge is 2.31. The summed E-state index contributed by atoms with van der Waals surface area (Å²) in [6.45, 7) is 2.34. The smallest absolute Gasteiger partial charge is 0.249 e. The molecule has 3 heterocycles. The summed E-state index contributed by atoms with van der Waals surface area (Å²) in [6.07, 6.45) is 2.99. The monoisotopic (exact) mass is 289 g/mol. The Labute approximate surface area is 122 Å². The summed E-state index contributed by atoms with van der Waals surface area (Å²) in [6, 6.07) is 5.43. The van der Waals surface area contributed by atoms with Gasteiger partial charge in [-0.05, 0) is 31.9 Å². The zero-order valence-electron chi connectivity index (χ0n) is 11.9. The van der Waals surface area contributed by atoms with Crippen LogP contribution in [0.1, 0.15) is 31.6 Å². The first-order valence-corrected chi connectivity index (χ1v) is 7.14. The molecular formula is C14H19N5O2. The molecule has 112 valence electrons. The van der Waals surface area contributed by atoms with E-state index in [-0.39, 0.29) is 18.1 Å². The molecule has 3 rings (SSSR count). The van der Waals surface area contributed by atoms with Crippen LogP contribution >= 0.6 is 0 Å². The van der Waals surface area contributed by atoms with Crippen molar-refractivity contribution in [2.75, 3.05) is 6.54 Å². The molecule has 1 saturated heterocycles. The first-order valence-electron chi connectivity index (χ1n) is 7.14. The molecule has 0 aliphatic carbocycles. The van der Waals surface area contributed by atoms with E-state index in [4.69, 9.17) is 10.5 Å². The van der Waals surface area contributed by atoms with Crippen molar-refractivity contribution in [3.63, 3.8) is 0 Å². The fraction of sp³-hybridized carbons (Fsp3) is 0.500. The molecule has 1 fully saturated rings. The summed E-state index contributed by atoms with van der Waals surface area (Å²) < 4.78 is 7.46. The van der Waals surface area contributed by atoms with Gasteiger partial charge in [-0.2, -0.15) is 0 Å². The maximum absolute atomic E-state index is 12.2. The number of nitrogens with zero attached hydrogens (tertiary/aromatic N) is 3. The SMILES string of the molecule is CC(NC(=O)[C@@H]1CC[C@H](CN)O1)c1nnc2ccccn12. The summed E-state index contributed by atoms with van der Waals surface area (Å²) in [7, 11) is 0. The van der Waals surface area contributed by atoms with E-state index in [1.165, 1.54) is 0 Å². The number of nitrogens with one attached hydrogen (secondary N) is 1. The van der Waals surface area contributed by atoms with Crippen molar-refractivity contribution >= 4 is 11.6 Å². The van der Waals surface area contributed by atoms with E-state index in [2.05, 4.69) is 15.5 Å². The quantitative estimate of drug-likeness (QED) is 0.850. The maximum atomic E-state index is 12.2. The normalized spacial score (nSPS) is 23.3. The zero-order chi connectivity index (χ0) is 14.8. The molecule has 7 nitrogen and oxygen atoms in total. The molecule has 3 atom stereocenters. The van der Waals surface area contributed by atoms with Crippen LogP contribution in [0.5, 0.6) is 0 Å². The second-order valence-corrected chi connectivity index (χ2v) is 5.28. The molecule has 0 spiro atoms. The van der Waals surface area contributed by atoms with E-state index >= 15 is 0 Å². The number of hydrogen-bond acceptors (Lipinski definition) is 5. The number of carbonyl (C=O) groups excluding carboxylic acids is 1. The minimum Gasteiger partial charge on any atom is -0.364 e. The number of ether oxygens (including phenoxy) is 1. The van der Waals surface area contributed by atoms with Crippen LogP contribution in [0.2, 0.25) is 0 Å². The van der Waals surface area contributed by atoms with Gasteiger partial charge in [0.25, 0.3) is 0 Å². The van der Waals surface area contributed by atoms with E-state index in [1.54, 1.807) is 0 Å². The van der Waals surface area contributed by atoms with Crippen LogP contribution in [-0.4, -0.2) is 39.3 Å². The lowest BCUT2D eigenvalue weighted by Crippen LogP contribution is -2.37. The van der Waals surface area contributed by atoms with Crippen LogP contribution in [0.25, 0.3) is 5.65 Å². The average Bonchev–Trinajstić information content (AvgIpc) is 3.14. The molecule has 3 N–H and O–H groups in total. The van der Waals surface area contributed by atoms with Crippen molar-refractivity contribution in [1.29, 1.82) is 0 Å². The third kappa shape index (κ3) is 2.74. The zero-order valence-corrected chi connectivity index (χ0v) is 11.9. The number of amides is 1.